The van der Waals surface area contributed by atoms with Crippen molar-refractivity contribution in [1.82, 2.24) is 10.2 Å². The molecule has 0 aromatic heterocycles. The predicted molar refractivity (Wildman–Crippen MR) is 85.3 cm³/mol. The van der Waals surface area contributed by atoms with Gasteiger partial charge in [-0.15, -0.1) is 0 Å². The van der Waals surface area contributed by atoms with Gasteiger partial charge < -0.3 is 15.3 Å². The van der Waals surface area contributed by atoms with Crippen molar-refractivity contribution in [3.05, 3.63) is 35.4 Å². The first-order valence-electron chi connectivity index (χ1n) is 7.68. The van der Waals surface area contributed by atoms with E-state index >= 15 is 0 Å². The van der Waals surface area contributed by atoms with E-state index in [4.69, 9.17) is 5.11 Å². The van der Waals surface area contributed by atoms with E-state index < -0.39 is 11.7 Å². The van der Waals surface area contributed by atoms with E-state index in [9.17, 15) is 18.0 Å². The lowest BCUT2D eigenvalue weighted by atomic mass is 10.1. The highest BCUT2D eigenvalue weighted by molar-refractivity contribution is 5.74. The van der Waals surface area contributed by atoms with Crippen LogP contribution in [0.25, 0.3) is 0 Å². The first kappa shape index (κ1) is 19.8. The van der Waals surface area contributed by atoms with E-state index in [0.717, 1.165) is 25.0 Å². The Morgan fingerprint density at radius 1 is 1.33 bits per heavy atom. The topological polar surface area (TPSA) is 52.6 Å². The number of carbonyl (C=O) groups is 1. The molecule has 0 heterocycles. The molecule has 1 rings (SSSR count). The van der Waals surface area contributed by atoms with E-state index in [0.29, 0.717) is 6.54 Å². The van der Waals surface area contributed by atoms with Gasteiger partial charge in [0.2, 0.25) is 0 Å². The van der Waals surface area contributed by atoms with Gasteiger partial charge in [-0.25, -0.2) is 4.79 Å². The van der Waals surface area contributed by atoms with Gasteiger partial charge in [0, 0.05) is 18.7 Å². The fraction of sp³-hybridized carbons (Fsp3) is 0.471. The van der Waals surface area contributed by atoms with Gasteiger partial charge in [-0.1, -0.05) is 31.3 Å². The Morgan fingerprint density at radius 2 is 2.08 bits per heavy atom. The molecule has 7 heteroatoms. The predicted octanol–water partition coefficient (Wildman–Crippen LogP) is 2.86. The summed E-state index contributed by atoms with van der Waals surface area (Å²) < 4.78 is 37.8. The van der Waals surface area contributed by atoms with E-state index in [1.54, 1.807) is 0 Å². The molecule has 2 N–H and O–H groups in total. The van der Waals surface area contributed by atoms with Crippen molar-refractivity contribution in [3.8, 4) is 11.8 Å². The summed E-state index contributed by atoms with van der Waals surface area (Å²) in [5.74, 6) is 5.22. The van der Waals surface area contributed by atoms with Crippen LogP contribution in [0.2, 0.25) is 0 Å². The zero-order chi connectivity index (χ0) is 18.0. The normalized spacial score (nSPS) is 10.7. The summed E-state index contributed by atoms with van der Waals surface area (Å²) in [5, 5.41) is 11.5. The van der Waals surface area contributed by atoms with Crippen LogP contribution in [0.15, 0.2) is 24.3 Å². The standard InChI is InChI=1S/C17H21F3N2O2/c1-2-3-10-22(11-12-23)16(24)21-9-5-7-14-6-4-8-15(13-14)17(18,19)20/h4,6,8,13,23H,2-3,9-12H2,1H3,(H,21,24). The van der Waals surface area contributed by atoms with Gasteiger partial charge >= 0.3 is 12.2 Å². The Bertz CT molecular complexity index is 591. The van der Waals surface area contributed by atoms with Crippen LogP contribution < -0.4 is 5.32 Å². The molecule has 0 atom stereocenters. The van der Waals surface area contributed by atoms with Crippen molar-refractivity contribution in [3.63, 3.8) is 0 Å². The maximum Gasteiger partial charge on any atom is 0.416 e. The third-order valence-corrected chi connectivity index (χ3v) is 3.19. The molecule has 0 unspecified atom stereocenters. The second-order valence-electron chi connectivity index (χ2n) is 5.10. The molecule has 0 aliphatic heterocycles. The van der Waals surface area contributed by atoms with Gasteiger partial charge in [-0.2, -0.15) is 13.2 Å². The van der Waals surface area contributed by atoms with Gasteiger partial charge in [0.15, 0.2) is 0 Å². The molecule has 4 nitrogen and oxygen atoms in total. The van der Waals surface area contributed by atoms with Gasteiger partial charge in [0.25, 0.3) is 0 Å². The molecule has 1 aromatic rings. The number of alkyl halides is 3. The van der Waals surface area contributed by atoms with E-state index in [-0.39, 0.29) is 31.3 Å². The Labute approximate surface area is 139 Å². The maximum absolute atomic E-state index is 12.6. The van der Waals surface area contributed by atoms with Crippen LogP contribution in [-0.2, 0) is 6.18 Å². The summed E-state index contributed by atoms with van der Waals surface area (Å²) >= 11 is 0. The number of benzene rings is 1. The summed E-state index contributed by atoms with van der Waals surface area (Å²) in [6.07, 6.45) is -2.66. The van der Waals surface area contributed by atoms with Crippen molar-refractivity contribution < 1.29 is 23.1 Å². The summed E-state index contributed by atoms with van der Waals surface area (Å²) in [7, 11) is 0. The van der Waals surface area contributed by atoms with Gasteiger partial charge in [-0.3, -0.25) is 0 Å². The molecule has 0 radical (unpaired) electrons. The largest absolute Gasteiger partial charge is 0.416 e. The summed E-state index contributed by atoms with van der Waals surface area (Å²) in [6.45, 7) is 2.64. The average Bonchev–Trinajstić information content (AvgIpc) is 2.54. The van der Waals surface area contributed by atoms with E-state index in [1.807, 2.05) is 6.92 Å². The number of urea groups is 1. The van der Waals surface area contributed by atoms with Crippen LogP contribution in [0.5, 0.6) is 0 Å². The molecular weight excluding hydrogens is 321 g/mol. The molecule has 0 saturated heterocycles. The summed E-state index contributed by atoms with van der Waals surface area (Å²) in [5.41, 5.74) is -0.524. The molecule has 1 aromatic carbocycles. The van der Waals surface area contributed by atoms with Crippen molar-refractivity contribution in [2.45, 2.75) is 25.9 Å². The van der Waals surface area contributed by atoms with Crippen molar-refractivity contribution in [2.75, 3.05) is 26.2 Å². The number of carbonyl (C=O) groups excluding carboxylic acids is 1. The lowest BCUT2D eigenvalue weighted by Gasteiger charge is -2.21. The molecule has 0 bridgehead atoms. The lowest BCUT2D eigenvalue weighted by molar-refractivity contribution is -0.137. The highest BCUT2D eigenvalue weighted by atomic mass is 19.4. The first-order chi connectivity index (χ1) is 11.4. The van der Waals surface area contributed by atoms with Crippen LogP contribution in [0.4, 0.5) is 18.0 Å². The van der Waals surface area contributed by atoms with Gasteiger partial charge in [-0.05, 0) is 24.6 Å². The van der Waals surface area contributed by atoms with E-state index in [2.05, 4.69) is 17.2 Å². The SMILES string of the molecule is CCCCN(CCO)C(=O)NCC#Cc1cccc(C(F)(F)F)c1. The Balaban J connectivity index is 2.58. The first-order valence-corrected chi connectivity index (χ1v) is 7.68. The number of aliphatic hydroxyl groups is 1. The molecule has 2 amide bonds. The minimum Gasteiger partial charge on any atom is -0.395 e. The Morgan fingerprint density at radius 3 is 2.71 bits per heavy atom. The van der Waals surface area contributed by atoms with Crippen LogP contribution in [0.3, 0.4) is 0 Å². The second kappa shape index (κ2) is 9.83. The number of rotatable bonds is 6. The minimum atomic E-state index is -4.41. The van der Waals surface area contributed by atoms with Crippen LogP contribution in [0, 0.1) is 11.8 Å². The monoisotopic (exact) mass is 342 g/mol. The number of unbranched alkanes of at least 4 members (excludes halogenated alkanes) is 1. The van der Waals surface area contributed by atoms with Crippen LogP contribution in [0.1, 0.15) is 30.9 Å². The third-order valence-electron chi connectivity index (χ3n) is 3.19. The lowest BCUT2D eigenvalue weighted by Crippen LogP contribution is -2.42. The third kappa shape index (κ3) is 6.92. The smallest absolute Gasteiger partial charge is 0.395 e. The molecule has 0 saturated carbocycles. The number of halogens is 3. The molecule has 0 aliphatic carbocycles. The van der Waals surface area contributed by atoms with Gasteiger partial charge in [0.05, 0.1) is 18.7 Å². The molecule has 0 spiro atoms. The Kier molecular flexibility index (Phi) is 8.13. The summed E-state index contributed by atoms with van der Waals surface area (Å²) in [6, 6.07) is 4.36. The number of hydrogen-bond acceptors (Lipinski definition) is 2. The molecule has 0 fully saturated rings. The quantitative estimate of drug-likeness (QED) is 0.781. The van der Waals surface area contributed by atoms with E-state index in [1.165, 1.54) is 17.0 Å². The summed E-state index contributed by atoms with van der Waals surface area (Å²) in [4.78, 5) is 13.4. The number of hydrogen-bond donors (Lipinski definition) is 2. The maximum atomic E-state index is 12.6. The zero-order valence-electron chi connectivity index (χ0n) is 13.5. The Hall–Kier alpha value is -2.20. The number of amides is 2. The molecule has 24 heavy (non-hydrogen) atoms. The van der Waals surface area contributed by atoms with Gasteiger partial charge in [0.1, 0.15) is 0 Å². The van der Waals surface area contributed by atoms with Crippen LogP contribution in [-0.4, -0.2) is 42.3 Å². The van der Waals surface area contributed by atoms with Crippen LogP contribution >= 0.6 is 0 Å². The average molecular weight is 342 g/mol. The zero-order valence-corrected chi connectivity index (χ0v) is 13.5. The number of aliphatic hydroxyl groups excluding tert-OH is 1. The number of nitrogens with zero attached hydrogens (tertiary/aromatic N) is 1. The van der Waals surface area contributed by atoms with Crippen molar-refractivity contribution >= 4 is 6.03 Å². The van der Waals surface area contributed by atoms with Crippen molar-refractivity contribution in [2.24, 2.45) is 0 Å². The fourth-order valence-corrected chi connectivity index (χ4v) is 1.94. The molecule has 132 valence electrons. The molecule has 0 aliphatic rings. The fourth-order valence-electron chi connectivity index (χ4n) is 1.94. The number of nitrogens with one attached hydrogen (secondary N) is 1. The molecular formula is C17H21F3N2O2. The van der Waals surface area contributed by atoms with Crippen molar-refractivity contribution in [1.29, 1.82) is 0 Å². The highest BCUT2D eigenvalue weighted by Crippen LogP contribution is 2.29. The minimum absolute atomic E-state index is 0.0170. The highest BCUT2D eigenvalue weighted by Gasteiger charge is 2.30. The second-order valence-corrected chi connectivity index (χ2v) is 5.10.